The second-order valence-corrected chi connectivity index (χ2v) is 5.11. The predicted octanol–water partition coefficient (Wildman–Crippen LogP) is 2.81. The van der Waals surface area contributed by atoms with Crippen LogP contribution in [0.2, 0.25) is 0 Å². The third-order valence-electron chi connectivity index (χ3n) is 2.56. The van der Waals surface area contributed by atoms with Gasteiger partial charge in [0.25, 0.3) is 5.91 Å². The summed E-state index contributed by atoms with van der Waals surface area (Å²) in [5.74, 6) is -1.43. The van der Waals surface area contributed by atoms with Crippen molar-refractivity contribution in [3.05, 3.63) is 46.2 Å². The van der Waals surface area contributed by atoms with E-state index in [9.17, 15) is 22.4 Å². The molecule has 0 saturated carbocycles. The number of alkyl halides is 3. The molecule has 4 nitrogen and oxygen atoms in total. The van der Waals surface area contributed by atoms with Gasteiger partial charge in [0.15, 0.2) is 5.13 Å². The van der Waals surface area contributed by atoms with Crippen LogP contribution < -0.4 is 11.1 Å². The monoisotopic (exact) mass is 319 g/mol. The summed E-state index contributed by atoms with van der Waals surface area (Å²) in [4.78, 5) is 15.5. The van der Waals surface area contributed by atoms with Crippen LogP contribution in [-0.4, -0.2) is 10.9 Å². The zero-order valence-electron chi connectivity index (χ0n) is 10.4. The molecule has 0 aliphatic heterocycles. The van der Waals surface area contributed by atoms with Crippen LogP contribution in [0.4, 0.5) is 22.7 Å². The number of carbonyl (C=O) groups is 1. The third kappa shape index (κ3) is 3.69. The largest absolute Gasteiger partial charge is 0.416 e. The van der Waals surface area contributed by atoms with E-state index in [0.29, 0.717) is 6.07 Å². The van der Waals surface area contributed by atoms with E-state index in [1.54, 1.807) is 0 Å². The first-order valence-corrected chi connectivity index (χ1v) is 6.44. The van der Waals surface area contributed by atoms with Gasteiger partial charge in [-0.3, -0.25) is 4.79 Å². The molecule has 9 heteroatoms. The maximum atomic E-state index is 13.1. The van der Waals surface area contributed by atoms with Crippen LogP contribution in [0.3, 0.4) is 0 Å². The predicted molar refractivity (Wildman–Crippen MR) is 69.1 cm³/mol. The van der Waals surface area contributed by atoms with Crippen molar-refractivity contribution in [1.82, 2.24) is 10.3 Å². The van der Waals surface area contributed by atoms with Crippen LogP contribution in [0.15, 0.2) is 24.4 Å². The highest BCUT2D eigenvalue weighted by atomic mass is 32.1. The van der Waals surface area contributed by atoms with Crippen molar-refractivity contribution < 1.29 is 22.4 Å². The molecule has 1 amide bonds. The van der Waals surface area contributed by atoms with Gasteiger partial charge in [-0.15, -0.1) is 0 Å². The number of hydrogen-bond acceptors (Lipinski definition) is 4. The van der Waals surface area contributed by atoms with Crippen molar-refractivity contribution in [3.63, 3.8) is 0 Å². The molecule has 0 spiro atoms. The Labute approximate surface area is 120 Å². The van der Waals surface area contributed by atoms with E-state index in [1.807, 2.05) is 0 Å². The molecule has 112 valence electrons. The van der Waals surface area contributed by atoms with Gasteiger partial charge in [-0.05, 0) is 23.8 Å². The van der Waals surface area contributed by atoms with E-state index >= 15 is 0 Å². The van der Waals surface area contributed by atoms with E-state index in [-0.39, 0.29) is 15.6 Å². The molecule has 0 saturated heterocycles. The first kappa shape index (κ1) is 15.2. The fraction of sp³-hybridized carbons (Fsp3) is 0.167. The van der Waals surface area contributed by atoms with E-state index in [4.69, 9.17) is 5.73 Å². The van der Waals surface area contributed by atoms with E-state index < -0.39 is 30.0 Å². The summed E-state index contributed by atoms with van der Waals surface area (Å²) in [5.41, 5.74) is 4.01. The summed E-state index contributed by atoms with van der Waals surface area (Å²) in [7, 11) is 0. The zero-order valence-corrected chi connectivity index (χ0v) is 11.2. The highest BCUT2D eigenvalue weighted by Gasteiger charge is 2.33. The van der Waals surface area contributed by atoms with Crippen molar-refractivity contribution in [2.45, 2.75) is 12.7 Å². The Bertz CT molecular complexity index is 669. The standard InChI is InChI=1S/C12H9F4N3OS/c13-7-1-2-8(12(14,15)16)6(3-7)4-18-10(20)9-5-19-11(17)21-9/h1-3,5H,4H2,(H2,17,19)(H,18,20). The molecule has 2 rings (SSSR count). The first-order chi connectivity index (χ1) is 9.77. The molecule has 2 aromatic rings. The maximum Gasteiger partial charge on any atom is 0.416 e. The van der Waals surface area contributed by atoms with Crippen molar-refractivity contribution in [2.75, 3.05) is 5.73 Å². The number of nitrogens with one attached hydrogen (secondary N) is 1. The summed E-state index contributed by atoms with van der Waals surface area (Å²) < 4.78 is 51.4. The normalized spacial score (nSPS) is 11.4. The molecule has 1 aromatic heterocycles. The lowest BCUT2D eigenvalue weighted by atomic mass is 10.1. The summed E-state index contributed by atoms with van der Waals surface area (Å²) in [6.45, 7) is -0.455. The maximum absolute atomic E-state index is 13.1. The molecule has 1 heterocycles. The van der Waals surface area contributed by atoms with Crippen LogP contribution in [0.5, 0.6) is 0 Å². The molecule has 0 aliphatic carbocycles. The van der Waals surface area contributed by atoms with Crippen LogP contribution in [0.25, 0.3) is 0 Å². The summed E-state index contributed by atoms with van der Waals surface area (Å²) in [5, 5.41) is 2.45. The highest BCUT2D eigenvalue weighted by Crippen LogP contribution is 2.32. The average Bonchev–Trinajstić information content (AvgIpc) is 2.81. The minimum Gasteiger partial charge on any atom is -0.375 e. The zero-order chi connectivity index (χ0) is 15.6. The van der Waals surface area contributed by atoms with Crippen molar-refractivity contribution in [2.24, 2.45) is 0 Å². The quantitative estimate of drug-likeness (QED) is 0.855. The minimum atomic E-state index is -4.62. The molecule has 0 unspecified atom stereocenters. The lowest BCUT2D eigenvalue weighted by Crippen LogP contribution is -2.24. The number of carbonyl (C=O) groups excluding carboxylic acids is 1. The second-order valence-electron chi connectivity index (χ2n) is 4.04. The van der Waals surface area contributed by atoms with Gasteiger partial charge in [-0.2, -0.15) is 13.2 Å². The number of halogens is 4. The molecule has 21 heavy (non-hydrogen) atoms. The van der Waals surface area contributed by atoms with E-state index in [0.717, 1.165) is 23.5 Å². The van der Waals surface area contributed by atoms with Crippen molar-refractivity contribution in [1.29, 1.82) is 0 Å². The Balaban J connectivity index is 2.16. The summed E-state index contributed by atoms with van der Waals surface area (Å²) in [6.07, 6.45) is -3.41. The summed E-state index contributed by atoms with van der Waals surface area (Å²) >= 11 is 0.902. The average molecular weight is 319 g/mol. The molecular weight excluding hydrogens is 310 g/mol. The smallest absolute Gasteiger partial charge is 0.375 e. The van der Waals surface area contributed by atoms with Crippen LogP contribution in [0, 0.1) is 5.82 Å². The fourth-order valence-corrected chi connectivity index (χ4v) is 2.24. The number of nitrogens with zero attached hydrogens (tertiary/aromatic N) is 1. The van der Waals surface area contributed by atoms with Gasteiger partial charge in [0.1, 0.15) is 10.7 Å². The molecule has 0 aliphatic rings. The van der Waals surface area contributed by atoms with E-state index in [1.165, 1.54) is 6.20 Å². The molecule has 0 atom stereocenters. The van der Waals surface area contributed by atoms with Gasteiger partial charge in [0.05, 0.1) is 11.8 Å². The molecule has 3 N–H and O–H groups in total. The highest BCUT2D eigenvalue weighted by molar-refractivity contribution is 7.17. The number of nitrogen functional groups attached to an aromatic ring is 1. The third-order valence-corrected chi connectivity index (χ3v) is 3.38. The molecular formula is C12H9F4N3OS. The second kappa shape index (κ2) is 5.68. The van der Waals surface area contributed by atoms with Crippen molar-refractivity contribution in [3.8, 4) is 0 Å². The number of hydrogen-bond donors (Lipinski definition) is 2. The number of thiazole rings is 1. The SMILES string of the molecule is Nc1ncc(C(=O)NCc2cc(F)ccc2C(F)(F)F)s1. The summed E-state index contributed by atoms with van der Waals surface area (Å²) in [6, 6.07) is 2.10. The minimum absolute atomic E-state index is 0.164. The van der Waals surface area contributed by atoms with Gasteiger partial charge < -0.3 is 11.1 Å². The number of aromatic nitrogens is 1. The number of benzene rings is 1. The Kier molecular flexibility index (Phi) is 4.12. The van der Waals surface area contributed by atoms with Gasteiger partial charge in [-0.1, -0.05) is 11.3 Å². The lowest BCUT2D eigenvalue weighted by Gasteiger charge is -2.13. The van der Waals surface area contributed by atoms with Crippen LogP contribution in [0.1, 0.15) is 20.8 Å². The lowest BCUT2D eigenvalue weighted by molar-refractivity contribution is -0.138. The Morgan fingerprint density at radius 2 is 2.10 bits per heavy atom. The fourth-order valence-electron chi connectivity index (χ4n) is 1.64. The topological polar surface area (TPSA) is 68.0 Å². The first-order valence-electron chi connectivity index (χ1n) is 5.62. The van der Waals surface area contributed by atoms with Crippen LogP contribution in [-0.2, 0) is 12.7 Å². The number of amides is 1. The van der Waals surface area contributed by atoms with Crippen LogP contribution >= 0.6 is 11.3 Å². The van der Waals surface area contributed by atoms with Crippen molar-refractivity contribution >= 4 is 22.4 Å². The Hall–Kier alpha value is -2.16. The Morgan fingerprint density at radius 1 is 1.38 bits per heavy atom. The van der Waals surface area contributed by atoms with Gasteiger partial charge >= 0.3 is 6.18 Å². The van der Waals surface area contributed by atoms with Gasteiger partial charge in [-0.25, -0.2) is 9.37 Å². The van der Waals surface area contributed by atoms with Gasteiger partial charge in [0, 0.05) is 6.54 Å². The number of nitrogens with two attached hydrogens (primary N) is 1. The number of rotatable bonds is 3. The number of anilines is 1. The molecule has 1 aromatic carbocycles. The van der Waals surface area contributed by atoms with Gasteiger partial charge in [0.2, 0.25) is 0 Å². The Morgan fingerprint density at radius 3 is 2.67 bits per heavy atom. The molecule has 0 bridgehead atoms. The molecule has 0 radical (unpaired) electrons. The molecule has 0 fully saturated rings. The van der Waals surface area contributed by atoms with E-state index in [2.05, 4.69) is 10.3 Å².